The maximum absolute atomic E-state index is 12.7. The Balaban J connectivity index is 0.952. The maximum Gasteiger partial charge on any atom is 0.187 e. The number of ether oxygens (including phenoxy) is 6. The van der Waals surface area contributed by atoms with E-state index in [1.165, 1.54) is 12.5 Å². The Morgan fingerprint density at radius 3 is 2.29 bits per heavy atom. The van der Waals surface area contributed by atoms with Crippen molar-refractivity contribution in [1.82, 2.24) is 0 Å². The lowest BCUT2D eigenvalue weighted by atomic mass is 9.46. The largest absolute Gasteiger partial charge is 0.394 e. The molecule has 7 fully saturated rings. The Labute approximate surface area is 306 Å². The molecule has 13 heteroatoms. The van der Waals surface area contributed by atoms with Gasteiger partial charge in [-0.25, -0.2) is 0 Å². The molecule has 0 radical (unpaired) electrons. The van der Waals surface area contributed by atoms with E-state index in [0.29, 0.717) is 36.7 Å². The van der Waals surface area contributed by atoms with Gasteiger partial charge in [0.05, 0.1) is 31.5 Å². The van der Waals surface area contributed by atoms with Gasteiger partial charge in [-0.1, -0.05) is 39.3 Å². The number of aliphatic hydroxyl groups is 7. The first-order valence-corrected chi connectivity index (χ1v) is 19.9. The summed E-state index contributed by atoms with van der Waals surface area (Å²) in [6, 6.07) is 0. The van der Waals surface area contributed by atoms with Crippen LogP contribution in [0.15, 0.2) is 11.6 Å². The summed E-state index contributed by atoms with van der Waals surface area (Å²) in [7, 11) is 0. The Morgan fingerprint density at radius 2 is 1.58 bits per heavy atom. The van der Waals surface area contributed by atoms with Gasteiger partial charge in [0.2, 0.25) is 0 Å². The Hall–Kier alpha value is -0.780. The van der Waals surface area contributed by atoms with Gasteiger partial charge in [-0.05, 0) is 87.4 Å². The highest BCUT2D eigenvalue weighted by Gasteiger charge is 2.76. The number of allylic oxidation sites excluding steroid dienone is 1. The van der Waals surface area contributed by atoms with Crippen molar-refractivity contribution in [3.05, 3.63) is 11.6 Å². The van der Waals surface area contributed by atoms with Gasteiger partial charge in [0.15, 0.2) is 18.4 Å². The lowest BCUT2D eigenvalue weighted by Crippen LogP contribution is -2.64. The van der Waals surface area contributed by atoms with Gasteiger partial charge in [0.25, 0.3) is 0 Å². The molecule has 4 heterocycles. The zero-order chi connectivity index (χ0) is 37.1. The van der Waals surface area contributed by atoms with Crippen molar-refractivity contribution >= 4 is 0 Å². The molecule has 8 rings (SSSR count). The number of rotatable bonds is 5. The molecule has 296 valence electrons. The Morgan fingerprint density at radius 1 is 0.827 bits per heavy atom. The molecular weight excluding hydrogens is 676 g/mol. The van der Waals surface area contributed by atoms with Crippen molar-refractivity contribution in [2.45, 2.75) is 177 Å². The fraction of sp³-hybridized carbons (Fsp3) is 0.949. The van der Waals surface area contributed by atoms with E-state index in [0.717, 1.165) is 51.4 Å². The van der Waals surface area contributed by atoms with Crippen LogP contribution in [-0.2, 0) is 28.4 Å². The van der Waals surface area contributed by atoms with Crippen molar-refractivity contribution in [3.8, 4) is 0 Å². The van der Waals surface area contributed by atoms with E-state index < -0.39 is 79.4 Å². The van der Waals surface area contributed by atoms with Crippen LogP contribution in [-0.4, -0.2) is 134 Å². The molecule has 4 saturated heterocycles. The lowest BCUT2D eigenvalue weighted by Gasteiger charge is -2.60. The molecule has 7 N–H and O–H groups in total. The second-order valence-corrected chi connectivity index (χ2v) is 18.4. The van der Waals surface area contributed by atoms with Gasteiger partial charge in [0, 0.05) is 17.8 Å². The molecule has 0 amide bonds. The van der Waals surface area contributed by atoms with E-state index >= 15 is 0 Å². The van der Waals surface area contributed by atoms with Crippen molar-refractivity contribution in [2.75, 3.05) is 13.2 Å². The van der Waals surface area contributed by atoms with E-state index in [9.17, 15) is 35.7 Å². The van der Waals surface area contributed by atoms with Crippen molar-refractivity contribution in [2.24, 2.45) is 40.4 Å². The molecule has 21 atom stereocenters. The van der Waals surface area contributed by atoms with Crippen LogP contribution >= 0.6 is 0 Å². The average molecular weight is 739 g/mol. The van der Waals surface area contributed by atoms with E-state index in [2.05, 4.69) is 33.8 Å². The molecular formula is C39H62O13. The highest BCUT2D eigenvalue weighted by molar-refractivity contribution is 5.29. The number of hydrogen-bond donors (Lipinski definition) is 7. The standard InChI is InChI=1S/C39H62O13/c1-18-8-13-38(47-17-18)20(3)39(46)27(52-38)15-25-23-7-6-21-14-22(9-11-36(21,4)24(23)10-12-37(25,39)5)49-35-32(45)33(29(42)26(16-40)50-35)51-34-31(44)30(43)28(41)19(2)48-34/h6,18-20,22-35,40-46H,7-17H2,1-5H3/t18-,19+,20-,22+,23-,24+,25+,26-,27+,28+,29-,30-,31-,32-,33+,34+,35-,36+,37+,38-,39-/m1/s1. The van der Waals surface area contributed by atoms with E-state index in [-0.39, 0.29) is 29.0 Å². The highest BCUT2D eigenvalue weighted by Crippen LogP contribution is 2.72. The van der Waals surface area contributed by atoms with E-state index in [1.807, 2.05) is 0 Å². The van der Waals surface area contributed by atoms with Gasteiger partial charge in [-0.15, -0.1) is 0 Å². The summed E-state index contributed by atoms with van der Waals surface area (Å²) in [4.78, 5) is 0. The van der Waals surface area contributed by atoms with Crippen molar-refractivity contribution < 1.29 is 64.2 Å². The molecule has 13 nitrogen and oxygen atoms in total. The summed E-state index contributed by atoms with van der Waals surface area (Å²) in [5.41, 5.74) is 0.128. The third-order valence-electron chi connectivity index (χ3n) is 15.8. The third-order valence-corrected chi connectivity index (χ3v) is 15.8. The summed E-state index contributed by atoms with van der Waals surface area (Å²) in [6.07, 6.45) is -3.80. The first kappa shape index (κ1) is 38.1. The Kier molecular flexibility index (Phi) is 9.83. The van der Waals surface area contributed by atoms with Gasteiger partial charge >= 0.3 is 0 Å². The topological polar surface area (TPSA) is 197 Å². The number of fused-ring (bicyclic) bond motifs is 7. The van der Waals surface area contributed by atoms with Crippen LogP contribution in [0.25, 0.3) is 0 Å². The van der Waals surface area contributed by atoms with Crippen LogP contribution in [0.3, 0.4) is 0 Å². The van der Waals surface area contributed by atoms with Gasteiger partial charge in [-0.2, -0.15) is 0 Å². The summed E-state index contributed by atoms with van der Waals surface area (Å²) >= 11 is 0. The molecule has 4 aliphatic heterocycles. The zero-order valence-corrected chi connectivity index (χ0v) is 31.3. The molecule has 0 unspecified atom stereocenters. The van der Waals surface area contributed by atoms with E-state index in [4.69, 9.17) is 28.4 Å². The minimum atomic E-state index is -1.63. The van der Waals surface area contributed by atoms with Crippen LogP contribution in [0.2, 0.25) is 0 Å². The zero-order valence-electron chi connectivity index (χ0n) is 31.3. The van der Waals surface area contributed by atoms with Crippen LogP contribution in [0.4, 0.5) is 0 Å². The fourth-order valence-electron chi connectivity index (χ4n) is 12.5. The monoisotopic (exact) mass is 738 g/mol. The molecule has 4 aliphatic carbocycles. The first-order chi connectivity index (χ1) is 24.6. The normalized spacial score (nSPS) is 58.9. The van der Waals surface area contributed by atoms with E-state index in [1.54, 1.807) is 0 Å². The van der Waals surface area contributed by atoms with Gasteiger partial charge < -0.3 is 64.2 Å². The van der Waals surface area contributed by atoms with Crippen LogP contribution in [0.5, 0.6) is 0 Å². The molecule has 8 aliphatic rings. The summed E-state index contributed by atoms with van der Waals surface area (Å²) < 4.78 is 36.9. The molecule has 52 heavy (non-hydrogen) atoms. The predicted molar refractivity (Wildman–Crippen MR) is 183 cm³/mol. The SMILES string of the molecule is C[C@@H]1CC[C@@]2(OC1)O[C@H]1C[C@H]3[C@@H]4CC=C5C[C@@H](O[C@@H]6O[C@H](CO)[C@@H](O)[C@H](O[C@@H]7O[C@@H](C)[C@H](O)[C@@H](O)[C@H]7O)[C@H]6O)CC[C@]5(C)[C@H]4CC[C@]3(C)[C@@]1(O)[C@@H]2C. The smallest absolute Gasteiger partial charge is 0.187 e. The number of hydrogen-bond acceptors (Lipinski definition) is 13. The van der Waals surface area contributed by atoms with Gasteiger partial charge in [0.1, 0.15) is 48.3 Å². The summed E-state index contributed by atoms with van der Waals surface area (Å²) in [5.74, 6) is 0.963. The fourth-order valence-corrected chi connectivity index (χ4v) is 12.5. The van der Waals surface area contributed by atoms with Crippen LogP contribution in [0.1, 0.15) is 92.4 Å². The van der Waals surface area contributed by atoms with Crippen molar-refractivity contribution in [3.63, 3.8) is 0 Å². The third kappa shape index (κ3) is 5.50. The second-order valence-electron chi connectivity index (χ2n) is 18.4. The average Bonchev–Trinajstić information content (AvgIpc) is 3.48. The number of aliphatic hydroxyl groups excluding tert-OH is 6. The minimum Gasteiger partial charge on any atom is -0.394 e. The minimum absolute atomic E-state index is 0.0290. The van der Waals surface area contributed by atoms with Crippen molar-refractivity contribution in [1.29, 1.82) is 0 Å². The maximum atomic E-state index is 12.7. The predicted octanol–water partition coefficient (Wildman–Crippen LogP) is 1.50. The first-order valence-electron chi connectivity index (χ1n) is 19.9. The second kappa shape index (κ2) is 13.4. The molecule has 0 aromatic carbocycles. The molecule has 1 spiro atoms. The van der Waals surface area contributed by atoms with Crippen LogP contribution < -0.4 is 0 Å². The van der Waals surface area contributed by atoms with Gasteiger partial charge in [-0.3, -0.25) is 0 Å². The molecule has 0 bridgehead atoms. The highest BCUT2D eigenvalue weighted by atomic mass is 16.7. The quantitative estimate of drug-likeness (QED) is 0.201. The van der Waals surface area contributed by atoms with Crippen LogP contribution in [0, 0.1) is 40.4 Å². The Bertz CT molecular complexity index is 1350. The summed E-state index contributed by atoms with van der Waals surface area (Å²) in [6.45, 7) is 10.7. The lowest BCUT2D eigenvalue weighted by molar-refractivity contribution is -0.361. The molecule has 0 aromatic rings. The molecule has 0 aromatic heterocycles. The molecule has 3 saturated carbocycles. The summed E-state index contributed by atoms with van der Waals surface area (Å²) in [5, 5.41) is 75.9.